The summed E-state index contributed by atoms with van der Waals surface area (Å²) in [4.78, 5) is 32.7. The van der Waals surface area contributed by atoms with Gasteiger partial charge in [-0.2, -0.15) is 0 Å². The maximum Gasteiger partial charge on any atom is 0.253 e. The number of amides is 2. The van der Waals surface area contributed by atoms with Crippen LogP contribution in [-0.2, 0) is 22.7 Å². The van der Waals surface area contributed by atoms with Gasteiger partial charge in [0.25, 0.3) is 5.91 Å². The van der Waals surface area contributed by atoms with Gasteiger partial charge in [0.05, 0.1) is 24.0 Å². The summed E-state index contributed by atoms with van der Waals surface area (Å²) in [5, 5.41) is 2.95. The Bertz CT molecular complexity index is 1300. The molecule has 1 atom stereocenters. The summed E-state index contributed by atoms with van der Waals surface area (Å²) >= 11 is 0. The van der Waals surface area contributed by atoms with Crippen LogP contribution in [-0.4, -0.2) is 21.4 Å². The zero-order valence-electron chi connectivity index (χ0n) is 17.9. The number of anilines is 1. The van der Waals surface area contributed by atoms with E-state index in [-0.39, 0.29) is 18.2 Å². The predicted molar refractivity (Wildman–Crippen MR) is 124 cm³/mol. The average molecular weight is 425 g/mol. The van der Waals surface area contributed by atoms with Crippen LogP contribution in [0.2, 0.25) is 0 Å². The second-order valence-corrected chi connectivity index (χ2v) is 8.17. The first kappa shape index (κ1) is 20.0. The topological polar surface area (TPSA) is 67.2 Å². The van der Waals surface area contributed by atoms with Gasteiger partial charge in [0.1, 0.15) is 6.04 Å². The van der Waals surface area contributed by atoms with Gasteiger partial charge in [0.2, 0.25) is 11.9 Å². The van der Waals surface area contributed by atoms with Crippen molar-refractivity contribution >= 4 is 28.8 Å². The van der Waals surface area contributed by atoms with E-state index in [0.717, 1.165) is 27.7 Å². The molecular weight excluding hydrogens is 400 g/mol. The van der Waals surface area contributed by atoms with Crippen LogP contribution in [0.4, 0.5) is 5.95 Å². The summed E-state index contributed by atoms with van der Waals surface area (Å²) in [5.41, 5.74) is 4.88. The molecule has 32 heavy (non-hydrogen) atoms. The van der Waals surface area contributed by atoms with E-state index in [1.807, 2.05) is 84.3 Å². The minimum atomic E-state index is -0.613. The van der Waals surface area contributed by atoms with Crippen molar-refractivity contribution < 1.29 is 9.59 Å². The Labute approximate surface area is 186 Å². The molecule has 0 bridgehead atoms. The molecule has 1 N–H and O–H groups in total. The van der Waals surface area contributed by atoms with Gasteiger partial charge in [-0.25, -0.2) is 4.98 Å². The Hall–Kier alpha value is -3.93. The SMILES string of the molecule is Cc1cccc(CN2C(=O)[C@@H](CC(=O)NCc3ccccc3)n3c2nc2ccccc23)c1. The number of fused-ring (bicyclic) bond motifs is 3. The van der Waals surface area contributed by atoms with E-state index < -0.39 is 6.04 Å². The minimum Gasteiger partial charge on any atom is -0.352 e. The van der Waals surface area contributed by atoms with E-state index in [1.165, 1.54) is 0 Å². The molecule has 4 aromatic rings. The maximum atomic E-state index is 13.5. The molecule has 0 saturated carbocycles. The molecule has 1 aliphatic heterocycles. The third kappa shape index (κ3) is 3.75. The summed E-state index contributed by atoms with van der Waals surface area (Å²) in [7, 11) is 0. The molecule has 3 aromatic carbocycles. The van der Waals surface area contributed by atoms with Crippen LogP contribution in [0.15, 0.2) is 78.9 Å². The van der Waals surface area contributed by atoms with Crippen molar-refractivity contribution in [3.63, 3.8) is 0 Å². The van der Waals surface area contributed by atoms with Crippen molar-refractivity contribution in [2.45, 2.75) is 32.5 Å². The predicted octanol–water partition coefficient (Wildman–Crippen LogP) is 4.14. The zero-order chi connectivity index (χ0) is 22.1. The summed E-state index contributed by atoms with van der Waals surface area (Å²) in [6, 6.07) is 25.0. The Balaban J connectivity index is 1.42. The molecule has 6 nitrogen and oxygen atoms in total. The fraction of sp³-hybridized carbons (Fsp3) is 0.192. The first-order chi connectivity index (χ1) is 15.6. The molecule has 0 radical (unpaired) electrons. The summed E-state index contributed by atoms with van der Waals surface area (Å²) in [6.45, 7) is 2.89. The van der Waals surface area contributed by atoms with Gasteiger partial charge >= 0.3 is 0 Å². The van der Waals surface area contributed by atoms with Crippen molar-refractivity contribution in [2.24, 2.45) is 0 Å². The monoisotopic (exact) mass is 424 g/mol. The first-order valence-electron chi connectivity index (χ1n) is 10.7. The molecule has 0 fully saturated rings. The highest BCUT2D eigenvalue weighted by molar-refractivity contribution is 6.03. The number of aromatic nitrogens is 2. The van der Waals surface area contributed by atoms with Crippen molar-refractivity contribution in [1.29, 1.82) is 0 Å². The van der Waals surface area contributed by atoms with Crippen molar-refractivity contribution in [3.8, 4) is 0 Å². The summed E-state index contributed by atoms with van der Waals surface area (Å²) < 4.78 is 1.91. The molecule has 1 aliphatic rings. The molecular formula is C26H24N4O2. The molecule has 1 aromatic heterocycles. The number of hydrogen-bond acceptors (Lipinski definition) is 3. The van der Waals surface area contributed by atoms with Gasteiger partial charge in [-0.15, -0.1) is 0 Å². The highest BCUT2D eigenvalue weighted by Crippen LogP contribution is 2.37. The smallest absolute Gasteiger partial charge is 0.253 e. The number of para-hydroxylation sites is 2. The summed E-state index contributed by atoms with van der Waals surface area (Å²) in [5.74, 6) is 0.335. The van der Waals surface area contributed by atoms with E-state index >= 15 is 0 Å². The lowest BCUT2D eigenvalue weighted by Gasteiger charge is -2.16. The molecule has 0 saturated heterocycles. The van der Waals surface area contributed by atoms with Crippen LogP contribution in [0.25, 0.3) is 11.0 Å². The number of hydrogen-bond donors (Lipinski definition) is 1. The zero-order valence-corrected chi connectivity index (χ0v) is 17.9. The fourth-order valence-electron chi connectivity index (χ4n) is 4.28. The van der Waals surface area contributed by atoms with Crippen LogP contribution < -0.4 is 10.2 Å². The lowest BCUT2D eigenvalue weighted by atomic mass is 10.1. The number of rotatable bonds is 6. The Morgan fingerprint density at radius 1 is 0.969 bits per heavy atom. The van der Waals surface area contributed by atoms with Crippen LogP contribution in [0.1, 0.15) is 29.2 Å². The number of nitrogens with one attached hydrogen (secondary N) is 1. The lowest BCUT2D eigenvalue weighted by molar-refractivity contribution is -0.127. The second-order valence-electron chi connectivity index (χ2n) is 8.17. The average Bonchev–Trinajstić information content (AvgIpc) is 3.29. The molecule has 0 unspecified atom stereocenters. The number of nitrogens with zero attached hydrogens (tertiary/aromatic N) is 3. The van der Waals surface area contributed by atoms with E-state index in [4.69, 9.17) is 4.98 Å². The Morgan fingerprint density at radius 2 is 1.72 bits per heavy atom. The third-order valence-corrected chi connectivity index (χ3v) is 5.82. The van der Waals surface area contributed by atoms with Gasteiger partial charge in [0.15, 0.2) is 0 Å². The Kier molecular flexibility index (Phi) is 5.19. The van der Waals surface area contributed by atoms with E-state index in [1.54, 1.807) is 4.90 Å². The number of carbonyl (C=O) groups is 2. The quantitative estimate of drug-likeness (QED) is 0.506. The summed E-state index contributed by atoms with van der Waals surface area (Å²) in [6.07, 6.45) is 0.0728. The standard InChI is InChI=1S/C26H24N4O2/c1-18-8-7-11-20(14-18)17-29-25(32)23(15-24(31)27-16-19-9-3-2-4-10-19)30-22-13-6-5-12-21(22)28-26(29)30/h2-14,23H,15-17H2,1H3,(H,27,31)/t23-/m1/s1. The van der Waals surface area contributed by atoms with Crippen molar-refractivity contribution in [1.82, 2.24) is 14.9 Å². The van der Waals surface area contributed by atoms with E-state index in [2.05, 4.69) is 11.4 Å². The van der Waals surface area contributed by atoms with Crippen molar-refractivity contribution in [3.05, 3.63) is 95.6 Å². The molecule has 0 spiro atoms. The number of carbonyl (C=O) groups excluding carboxylic acids is 2. The molecule has 2 amide bonds. The fourth-order valence-corrected chi connectivity index (χ4v) is 4.28. The van der Waals surface area contributed by atoms with Crippen molar-refractivity contribution in [2.75, 3.05) is 4.90 Å². The first-order valence-corrected chi connectivity index (χ1v) is 10.7. The lowest BCUT2D eigenvalue weighted by Crippen LogP contribution is -2.32. The highest BCUT2D eigenvalue weighted by atomic mass is 16.2. The van der Waals surface area contributed by atoms with E-state index in [0.29, 0.717) is 19.0 Å². The van der Waals surface area contributed by atoms with Gasteiger partial charge in [-0.3, -0.25) is 19.1 Å². The van der Waals surface area contributed by atoms with Crippen LogP contribution in [0, 0.1) is 6.92 Å². The second kappa shape index (κ2) is 8.30. The van der Waals surface area contributed by atoms with Gasteiger partial charge in [0, 0.05) is 6.54 Å². The largest absolute Gasteiger partial charge is 0.352 e. The van der Waals surface area contributed by atoms with Gasteiger partial charge in [-0.1, -0.05) is 72.3 Å². The normalized spacial score (nSPS) is 15.2. The van der Waals surface area contributed by atoms with Gasteiger partial charge < -0.3 is 5.32 Å². The number of imidazole rings is 1. The Morgan fingerprint density at radius 3 is 2.53 bits per heavy atom. The minimum absolute atomic E-state index is 0.0728. The third-order valence-electron chi connectivity index (χ3n) is 5.82. The molecule has 5 rings (SSSR count). The highest BCUT2D eigenvalue weighted by Gasteiger charge is 2.40. The molecule has 6 heteroatoms. The maximum absolute atomic E-state index is 13.5. The number of aryl methyl sites for hydroxylation is 1. The van der Waals surface area contributed by atoms with Crippen LogP contribution >= 0.6 is 0 Å². The number of benzene rings is 3. The molecule has 2 heterocycles. The van der Waals surface area contributed by atoms with Crippen LogP contribution in [0.3, 0.4) is 0 Å². The van der Waals surface area contributed by atoms with Crippen LogP contribution in [0.5, 0.6) is 0 Å². The van der Waals surface area contributed by atoms with E-state index in [9.17, 15) is 9.59 Å². The molecule has 160 valence electrons. The molecule has 0 aliphatic carbocycles. The van der Waals surface area contributed by atoms with Gasteiger partial charge in [-0.05, 0) is 30.2 Å².